The number of hydrogen-bond acceptors (Lipinski definition) is 3. The Balaban J connectivity index is 2.03. The van der Waals surface area contributed by atoms with Gasteiger partial charge in [0, 0.05) is 13.1 Å². The van der Waals surface area contributed by atoms with Crippen molar-refractivity contribution in [3.8, 4) is 0 Å². The SMILES string of the molecule is CC(C)=C[C@H]1[C@@H](C(=O)NS(=O)(=O)N2CCCCC2)C1(C)C. The van der Waals surface area contributed by atoms with Crippen molar-refractivity contribution in [1.29, 1.82) is 0 Å². The average molecular weight is 314 g/mol. The minimum absolute atomic E-state index is 0.124. The number of carbonyl (C=O) groups excluding carboxylic acids is 1. The molecule has 0 radical (unpaired) electrons. The Morgan fingerprint density at radius 2 is 1.76 bits per heavy atom. The van der Waals surface area contributed by atoms with Gasteiger partial charge in [-0.15, -0.1) is 0 Å². The van der Waals surface area contributed by atoms with Crippen molar-refractivity contribution in [3.63, 3.8) is 0 Å². The predicted molar refractivity (Wildman–Crippen MR) is 82.7 cm³/mol. The number of hydrogen-bond donors (Lipinski definition) is 1. The Morgan fingerprint density at radius 3 is 2.29 bits per heavy atom. The zero-order valence-corrected chi connectivity index (χ0v) is 14.2. The molecule has 2 aliphatic rings. The molecule has 0 unspecified atom stereocenters. The maximum Gasteiger partial charge on any atom is 0.303 e. The highest BCUT2D eigenvalue weighted by molar-refractivity contribution is 7.87. The second-order valence-electron chi connectivity index (χ2n) is 7.00. The summed E-state index contributed by atoms with van der Waals surface area (Å²) in [7, 11) is -3.68. The third kappa shape index (κ3) is 3.48. The van der Waals surface area contributed by atoms with Crippen LogP contribution in [0.1, 0.15) is 47.0 Å². The first-order valence-corrected chi connectivity index (χ1v) is 9.07. The minimum atomic E-state index is -3.68. The molecule has 1 aliphatic carbocycles. The van der Waals surface area contributed by atoms with Gasteiger partial charge in [-0.25, -0.2) is 4.72 Å². The summed E-state index contributed by atoms with van der Waals surface area (Å²) in [5.74, 6) is -0.501. The lowest BCUT2D eigenvalue weighted by Gasteiger charge is -2.25. The molecule has 0 aromatic carbocycles. The summed E-state index contributed by atoms with van der Waals surface area (Å²) >= 11 is 0. The molecule has 0 aromatic rings. The highest BCUT2D eigenvalue weighted by Gasteiger charge is 2.60. The summed E-state index contributed by atoms with van der Waals surface area (Å²) < 4.78 is 28.2. The monoisotopic (exact) mass is 314 g/mol. The first-order valence-electron chi connectivity index (χ1n) is 7.63. The summed E-state index contributed by atoms with van der Waals surface area (Å²) in [6, 6.07) is 0. The molecular formula is C15H26N2O3S. The molecule has 0 spiro atoms. The molecule has 1 amide bonds. The standard InChI is InChI=1S/C15H26N2O3S/c1-11(2)10-12-13(15(12,3)4)14(18)16-21(19,20)17-8-6-5-7-9-17/h10,12-13H,5-9H2,1-4H3,(H,16,18)/t12-,13-/m0/s1. The normalized spacial score (nSPS) is 28.8. The molecule has 120 valence electrons. The van der Waals surface area contributed by atoms with Gasteiger partial charge in [-0.1, -0.05) is 31.9 Å². The lowest BCUT2D eigenvalue weighted by atomic mass is 10.1. The van der Waals surface area contributed by atoms with Crippen LogP contribution >= 0.6 is 0 Å². The fourth-order valence-electron chi connectivity index (χ4n) is 3.21. The molecule has 2 fully saturated rings. The van der Waals surface area contributed by atoms with Gasteiger partial charge in [-0.2, -0.15) is 12.7 Å². The maximum atomic E-state index is 12.3. The van der Waals surface area contributed by atoms with Gasteiger partial charge >= 0.3 is 10.2 Å². The number of rotatable bonds is 4. The first-order chi connectivity index (χ1) is 9.66. The van der Waals surface area contributed by atoms with Crippen LogP contribution in [-0.4, -0.2) is 31.7 Å². The lowest BCUT2D eigenvalue weighted by molar-refractivity contribution is -0.121. The van der Waals surface area contributed by atoms with Gasteiger partial charge in [0.1, 0.15) is 0 Å². The second kappa shape index (κ2) is 5.72. The van der Waals surface area contributed by atoms with Crippen LogP contribution in [0.4, 0.5) is 0 Å². The fraction of sp³-hybridized carbons (Fsp3) is 0.800. The summed E-state index contributed by atoms with van der Waals surface area (Å²) in [5.41, 5.74) is 0.987. The van der Waals surface area contributed by atoms with Gasteiger partial charge in [0.25, 0.3) is 0 Å². The predicted octanol–water partition coefficient (Wildman–Crippen LogP) is 2.07. The largest absolute Gasteiger partial charge is 0.303 e. The fourth-order valence-corrected chi connectivity index (χ4v) is 4.46. The summed E-state index contributed by atoms with van der Waals surface area (Å²) in [4.78, 5) is 12.3. The number of nitrogens with one attached hydrogen (secondary N) is 1. The number of nitrogens with zero attached hydrogens (tertiary/aromatic N) is 1. The van der Waals surface area contributed by atoms with Crippen LogP contribution in [0.2, 0.25) is 0 Å². The summed E-state index contributed by atoms with van der Waals surface area (Å²) in [6.07, 6.45) is 4.85. The van der Waals surface area contributed by atoms with Gasteiger partial charge in [0.2, 0.25) is 5.91 Å². The molecule has 2 atom stereocenters. The molecule has 1 heterocycles. The van der Waals surface area contributed by atoms with Gasteiger partial charge in [0.05, 0.1) is 5.92 Å². The van der Waals surface area contributed by atoms with E-state index in [0.29, 0.717) is 13.1 Å². The van der Waals surface area contributed by atoms with E-state index in [2.05, 4.69) is 10.8 Å². The van der Waals surface area contributed by atoms with Crippen LogP contribution in [0, 0.1) is 17.3 Å². The van der Waals surface area contributed by atoms with E-state index in [0.717, 1.165) is 24.8 Å². The Bertz CT molecular complexity index is 541. The van der Waals surface area contributed by atoms with Crippen molar-refractivity contribution in [1.82, 2.24) is 9.03 Å². The molecular weight excluding hydrogens is 288 g/mol. The van der Waals surface area contributed by atoms with Crippen LogP contribution in [0.15, 0.2) is 11.6 Å². The molecule has 6 heteroatoms. The maximum absolute atomic E-state index is 12.3. The Labute approximate surface area is 128 Å². The van der Waals surface area contributed by atoms with Crippen molar-refractivity contribution in [2.24, 2.45) is 17.3 Å². The van der Waals surface area contributed by atoms with Crippen molar-refractivity contribution in [2.45, 2.75) is 47.0 Å². The zero-order chi connectivity index (χ0) is 15.8. The first kappa shape index (κ1) is 16.5. The zero-order valence-electron chi connectivity index (χ0n) is 13.3. The van der Waals surface area contributed by atoms with Crippen LogP contribution < -0.4 is 4.72 Å². The number of allylic oxidation sites excluding steroid dienone is 2. The molecule has 1 saturated carbocycles. The topological polar surface area (TPSA) is 66.5 Å². The Morgan fingerprint density at radius 1 is 1.19 bits per heavy atom. The van der Waals surface area contributed by atoms with Crippen molar-refractivity contribution >= 4 is 16.1 Å². The highest BCUT2D eigenvalue weighted by Crippen LogP contribution is 2.59. The molecule has 5 nitrogen and oxygen atoms in total. The summed E-state index contributed by atoms with van der Waals surface area (Å²) in [6.45, 7) is 9.02. The number of piperidine rings is 1. The van der Waals surface area contributed by atoms with E-state index in [1.165, 1.54) is 4.31 Å². The molecule has 0 bridgehead atoms. The molecule has 0 aromatic heterocycles. The van der Waals surface area contributed by atoms with E-state index in [1.54, 1.807) is 0 Å². The quantitative estimate of drug-likeness (QED) is 0.808. The van der Waals surface area contributed by atoms with E-state index in [-0.39, 0.29) is 23.2 Å². The van der Waals surface area contributed by atoms with Crippen molar-refractivity contribution in [2.75, 3.05) is 13.1 Å². The highest BCUT2D eigenvalue weighted by atomic mass is 32.2. The van der Waals surface area contributed by atoms with E-state index < -0.39 is 10.2 Å². The van der Waals surface area contributed by atoms with Crippen LogP contribution in [-0.2, 0) is 15.0 Å². The number of amides is 1. The average Bonchev–Trinajstić information content (AvgIpc) is 2.90. The third-order valence-electron chi connectivity index (χ3n) is 4.59. The molecule has 21 heavy (non-hydrogen) atoms. The molecule has 1 N–H and O–H groups in total. The van der Waals surface area contributed by atoms with Gasteiger partial charge in [-0.3, -0.25) is 4.79 Å². The second-order valence-corrected chi connectivity index (χ2v) is 8.67. The van der Waals surface area contributed by atoms with Gasteiger partial charge < -0.3 is 0 Å². The Kier molecular flexibility index (Phi) is 4.49. The Hall–Kier alpha value is -0.880. The minimum Gasteiger partial charge on any atom is -0.274 e. The molecule has 2 rings (SSSR count). The smallest absolute Gasteiger partial charge is 0.274 e. The third-order valence-corrected chi connectivity index (χ3v) is 6.09. The van der Waals surface area contributed by atoms with E-state index in [9.17, 15) is 13.2 Å². The molecule has 1 saturated heterocycles. The van der Waals surface area contributed by atoms with Crippen LogP contribution in [0.5, 0.6) is 0 Å². The van der Waals surface area contributed by atoms with Crippen LogP contribution in [0.25, 0.3) is 0 Å². The van der Waals surface area contributed by atoms with E-state index in [1.807, 2.05) is 27.7 Å². The van der Waals surface area contributed by atoms with Crippen LogP contribution in [0.3, 0.4) is 0 Å². The van der Waals surface area contributed by atoms with Gasteiger partial charge in [0.15, 0.2) is 0 Å². The number of carbonyl (C=O) groups is 1. The van der Waals surface area contributed by atoms with Crippen molar-refractivity contribution in [3.05, 3.63) is 11.6 Å². The van der Waals surface area contributed by atoms with Gasteiger partial charge in [-0.05, 0) is 38.0 Å². The van der Waals surface area contributed by atoms with Crippen molar-refractivity contribution < 1.29 is 13.2 Å². The lowest BCUT2D eigenvalue weighted by Crippen LogP contribution is -2.46. The summed E-state index contributed by atoms with van der Waals surface area (Å²) in [5, 5.41) is 0. The molecule has 1 aliphatic heterocycles. The van der Waals surface area contributed by atoms with E-state index >= 15 is 0 Å². The van der Waals surface area contributed by atoms with E-state index in [4.69, 9.17) is 0 Å².